The molecule has 1 aliphatic rings. The molecule has 4 heteroatoms. The van der Waals surface area contributed by atoms with Crippen molar-refractivity contribution >= 4 is 16.6 Å². The summed E-state index contributed by atoms with van der Waals surface area (Å²) in [4.78, 5) is 15.6. The fourth-order valence-corrected chi connectivity index (χ4v) is 4.19. The van der Waals surface area contributed by atoms with Gasteiger partial charge in [0.05, 0.1) is 19.6 Å². The first-order valence-corrected chi connectivity index (χ1v) is 9.82. The Morgan fingerprint density at radius 2 is 2.15 bits per heavy atom. The van der Waals surface area contributed by atoms with Crippen molar-refractivity contribution in [3.05, 3.63) is 41.5 Å². The Bertz CT molecular complexity index is 869. The molecule has 0 aromatic heterocycles. The second kappa shape index (κ2) is 8.54. The molecule has 0 saturated carbocycles. The van der Waals surface area contributed by atoms with Crippen LogP contribution in [-0.4, -0.2) is 37.4 Å². The van der Waals surface area contributed by atoms with Gasteiger partial charge < -0.3 is 9.64 Å². The summed E-state index contributed by atoms with van der Waals surface area (Å²) in [6.45, 7) is 7.39. The van der Waals surface area contributed by atoms with Gasteiger partial charge in [-0.25, -0.2) is 0 Å². The number of benzene rings is 2. The predicted octanol–water partition coefficient (Wildman–Crippen LogP) is 4.47. The van der Waals surface area contributed by atoms with E-state index in [1.165, 1.54) is 0 Å². The SMILES string of the molecule is CCCN1CC[C@H](C)[C@H](C(=O)c2ccc3c(CC#N)c(OC)ccc3c2)C1. The van der Waals surface area contributed by atoms with Crippen LogP contribution in [0.5, 0.6) is 5.75 Å². The molecule has 2 aromatic rings. The third-order valence-electron chi connectivity index (χ3n) is 5.77. The molecular formula is C23H28N2O2. The number of methoxy groups -OCH3 is 1. The van der Waals surface area contributed by atoms with Gasteiger partial charge in [-0.05, 0) is 54.8 Å². The van der Waals surface area contributed by atoms with Crippen LogP contribution >= 0.6 is 0 Å². The Morgan fingerprint density at radius 1 is 1.33 bits per heavy atom. The van der Waals surface area contributed by atoms with Crippen LogP contribution < -0.4 is 4.74 Å². The molecule has 0 spiro atoms. The van der Waals surface area contributed by atoms with Crippen molar-refractivity contribution in [2.24, 2.45) is 11.8 Å². The van der Waals surface area contributed by atoms with Crippen LogP contribution in [0.2, 0.25) is 0 Å². The molecule has 2 aromatic carbocycles. The molecule has 142 valence electrons. The lowest BCUT2D eigenvalue weighted by Crippen LogP contribution is -2.43. The molecule has 0 bridgehead atoms. The van der Waals surface area contributed by atoms with Gasteiger partial charge in [0.1, 0.15) is 5.75 Å². The number of hydrogen-bond donors (Lipinski definition) is 0. The third kappa shape index (κ3) is 3.99. The molecule has 0 N–H and O–H groups in total. The van der Waals surface area contributed by atoms with Crippen LogP contribution in [0.1, 0.15) is 42.6 Å². The second-order valence-electron chi connectivity index (χ2n) is 7.55. The molecule has 4 nitrogen and oxygen atoms in total. The van der Waals surface area contributed by atoms with E-state index in [9.17, 15) is 4.79 Å². The van der Waals surface area contributed by atoms with Crippen molar-refractivity contribution in [2.45, 2.75) is 33.1 Å². The molecule has 1 aliphatic heterocycles. The molecule has 1 saturated heterocycles. The Balaban J connectivity index is 1.92. The smallest absolute Gasteiger partial charge is 0.167 e. The minimum atomic E-state index is 0.0552. The predicted molar refractivity (Wildman–Crippen MR) is 108 cm³/mol. The summed E-state index contributed by atoms with van der Waals surface area (Å²) >= 11 is 0. The lowest BCUT2D eigenvalue weighted by molar-refractivity contribution is 0.0720. The summed E-state index contributed by atoms with van der Waals surface area (Å²) in [6, 6.07) is 11.9. The quantitative estimate of drug-likeness (QED) is 0.710. The maximum absolute atomic E-state index is 13.2. The number of carbonyl (C=O) groups is 1. The summed E-state index contributed by atoms with van der Waals surface area (Å²) in [5, 5.41) is 11.1. The van der Waals surface area contributed by atoms with E-state index in [-0.39, 0.29) is 11.7 Å². The van der Waals surface area contributed by atoms with Crippen molar-refractivity contribution in [2.75, 3.05) is 26.7 Å². The Kier molecular flexibility index (Phi) is 6.13. The van der Waals surface area contributed by atoms with E-state index >= 15 is 0 Å². The van der Waals surface area contributed by atoms with E-state index in [1.54, 1.807) is 7.11 Å². The van der Waals surface area contributed by atoms with Crippen molar-refractivity contribution < 1.29 is 9.53 Å². The number of ether oxygens (including phenoxy) is 1. The highest BCUT2D eigenvalue weighted by molar-refractivity contribution is 6.02. The van der Waals surface area contributed by atoms with Crippen LogP contribution in [-0.2, 0) is 6.42 Å². The fourth-order valence-electron chi connectivity index (χ4n) is 4.19. The number of likely N-dealkylation sites (tertiary alicyclic amines) is 1. The Labute approximate surface area is 161 Å². The molecule has 27 heavy (non-hydrogen) atoms. The molecular weight excluding hydrogens is 336 g/mol. The van der Waals surface area contributed by atoms with Crippen molar-refractivity contribution in [3.8, 4) is 11.8 Å². The van der Waals surface area contributed by atoms with E-state index in [1.807, 2.05) is 30.3 Å². The van der Waals surface area contributed by atoms with Gasteiger partial charge >= 0.3 is 0 Å². The number of Topliss-reactive ketones (excluding diaryl/α,β-unsaturated/α-hetero) is 1. The summed E-state index contributed by atoms with van der Waals surface area (Å²) in [7, 11) is 1.62. The topological polar surface area (TPSA) is 53.3 Å². The molecule has 1 heterocycles. The van der Waals surface area contributed by atoms with Gasteiger partial charge in [0.25, 0.3) is 0 Å². The minimum Gasteiger partial charge on any atom is -0.496 e. The number of piperidine rings is 1. The number of ketones is 1. The van der Waals surface area contributed by atoms with E-state index in [2.05, 4.69) is 24.8 Å². The van der Waals surface area contributed by atoms with E-state index < -0.39 is 0 Å². The molecule has 2 atom stereocenters. The minimum absolute atomic E-state index is 0.0552. The maximum atomic E-state index is 13.2. The second-order valence-corrected chi connectivity index (χ2v) is 7.55. The zero-order chi connectivity index (χ0) is 19.4. The Hall–Kier alpha value is -2.38. The van der Waals surface area contributed by atoms with Crippen LogP contribution in [0, 0.1) is 23.2 Å². The first-order chi connectivity index (χ1) is 13.1. The van der Waals surface area contributed by atoms with E-state index in [0.717, 1.165) is 60.1 Å². The lowest BCUT2D eigenvalue weighted by Gasteiger charge is -2.36. The largest absolute Gasteiger partial charge is 0.496 e. The van der Waals surface area contributed by atoms with E-state index in [4.69, 9.17) is 10.00 Å². The van der Waals surface area contributed by atoms with Crippen LogP contribution in [0.25, 0.3) is 10.8 Å². The van der Waals surface area contributed by atoms with E-state index in [0.29, 0.717) is 12.3 Å². The number of nitrogens with zero attached hydrogens (tertiary/aromatic N) is 2. The first-order valence-electron chi connectivity index (χ1n) is 9.82. The van der Waals surface area contributed by atoms with Gasteiger partial charge in [-0.3, -0.25) is 4.79 Å². The molecule has 0 radical (unpaired) electrons. The van der Waals surface area contributed by atoms with Crippen LogP contribution in [0.3, 0.4) is 0 Å². The number of hydrogen-bond acceptors (Lipinski definition) is 4. The first kappa shape index (κ1) is 19.4. The number of nitriles is 1. The molecule has 1 fully saturated rings. The zero-order valence-electron chi connectivity index (χ0n) is 16.5. The summed E-state index contributed by atoms with van der Waals surface area (Å²) in [5.41, 5.74) is 1.66. The van der Waals surface area contributed by atoms with Gasteiger partial charge in [-0.15, -0.1) is 0 Å². The van der Waals surface area contributed by atoms with Crippen LogP contribution in [0.4, 0.5) is 0 Å². The van der Waals surface area contributed by atoms with Gasteiger partial charge in [0, 0.05) is 23.6 Å². The van der Waals surface area contributed by atoms with Gasteiger partial charge in [0.15, 0.2) is 5.78 Å². The van der Waals surface area contributed by atoms with Gasteiger partial charge in [-0.2, -0.15) is 5.26 Å². The Morgan fingerprint density at radius 3 is 2.85 bits per heavy atom. The average molecular weight is 364 g/mol. The fraction of sp³-hybridized carbons (Fsp3) is 0.478. The highest BCUT2D eigenvalue weighted by atomic mass is 16.5. The highest BCUT2D eigenvalue weighted by Gasteiger charge is 2.31. The third-order valence-corrected chi connectivity index (χ3v) is 5.77. The summed E-state index contributed by atoms with van der Waals surface area (Å²) < 4.78 is 5.40. The highest BCUT2D eigenvalue weighted by Crippen LogP contribution is 2.31. The lowest BCUT2D eigenvalue weighted by atomic mass is 9.81. The number of carbonyl (C=O) groups excluding carboxylic acids is 1. The number of rotatable bonds is 6. The molecule has 0 amide bonds. The number of fused-ring (bicyclic) bond motifs is 1. The summed E-state index contributed by atoms with van der Waals surface area (Å²) in [6.07, 6.45) is 2.49. The summed E-state index contributed by atoms with van der Waals surface area (Å²) in [5.74, 6) is 1.42. The van der Waals surface area contributed by atoms with Crippen molar-refractivity contribution in [3.63, 3.8) is 0 Å². The monoisotopic (exact) mass is 364 g/mol. The van der Waals surface area contributed by atoms with Crippen molar-refractivity contribution in [1.29, 1.82) is 5.26 Å². The van der Waals surface area contributed by atoms with Crippen LogP contribution in [0.15, 0.2) is 30.3 Å². The normalized spacial score (nSPS) is 20.4. The average Bonchev–Trinajstić information content (AvgIpc) is 2.69. The van der Waals surface area contributed by atoms with Crippen molar-refractivity contribution in [1.82, 2.24) is 4.90 Å². The van der Waals surface area contributed by atoms with Gasteiger partial charge in [-0.1, -0.05) is 32.0 Å². The maximum Gasteiger partial charge on any atom is 0.167 e. The molecule has 0 aliphatic carbocycles. The zero-order valence-corrected chi connectivity index (χ0v) is 16.5. The standard InChI is InChI=1S/C23H28N2O2/c1-4-12-25-13-10-16(2)21(15-25)23(26)18-5-7-19-17(14-18)6-8-22(27-3)20(19)9-11-24/h5-8,14,16,21H,4,9-10,12-13,15H2,1-3H3/t16-,21+/m0/s1. The van der Waals surface area contributed by atoms with Gasteiger partial charge in [0.2, 0.25) is 0 Å². The molecule has 3 rings (SSSR count). The molecule has 0 unspecified atom stereocenters.